The fraction of sp³-hybridized carbons (Fsp3) is 0.467. The van der Waals surface area contributed by atoms with E-state index < -0.39 is 11.9 Å². The fourth-order valence-electron chi connectivity index (χ4n) is 1.81. The van der Waals surface area contributed by atoms with Gasteiger partial charge in [0.25, 0.3) is 0 Å². The Bertz CT molecular complexity index is 476. The van der Waals surface area contributed by atoms with Crippen molar-refractivity contribution in [3.05, 3.63) is 28.7 Å². The molecule has 0 aliphatic rings. The predicted molar refractivity (Wildman–Crippen MR) is 88.5 cm³/mol. The number of carbonyl (C=O) groups is 2. The van der Waals surface area contributed by atoms with Crippen molar-refractivity contribution in [1.29, 1.82) is 0 Å². The minimum absolute atomic E-state index is 0.141. The van der Waals surface area contributed by atoms with E-state index in [2.05, 4.69) is 21.2 Å². The molecule has 0 spiro atoms. The Hall–Kier alpha value is -1.01. The quantitative estimate of drug-likeness (QED) is 0.685. The minimum atomic E-state index is -0.857. The molecule has 0 saturated heterocycles. The van der Waals surface area contributed by atoms with Gasteiger partial charge in [-0.15, -0.1) is 11.8 Å². The van der Waals surface area contributed by atoms with Crippen LogP contribution in [0, 0.1) is 11.8 Å². The Balaban J connectivity index is 2.35. The lowest BCUT2D eigenvalue weighted by Crippen LogP contribution is -2.34. The van der Waals surface area contributed by atoms with Gasteiger partial charge in [-0.25, -0.2) is 0 Å². The zero-order chi connectivity index (χ0) is 15.8. The molecule has 116 valence electrons. The van der Waals surface area contributed by atoms with Crippen LogP contribution in [0.2, 0.25) is 0 Å². The number of thioether (sulfide) groups is 1. The molecule has 0 bridgehead atoms. The molecule has 0 saturated carbocycles. The van der Waals surface area contributed by atoms with Crippen molar-refractivity contribution in [3.63, 3.8) is 0 Å². The lowest BCUT2D eigenvalue weighted by molar-refractivity contribution is -0.142. The minimum Gasteiger partial charge on any atom is -0.481 e. The lowest BCUT2D eigenvalue weighted by Gasteiger charge is -2.15. The number of halogens is 1. The molecule has 1 atom stereocenters. The van der Waals surface area contributed by atoms with Crippen LogP contribution in [-0.4, -0.2) is 29.3 Å². The molecule has 0 aliphatic heterocycles. The van der Waals surface area contributed by atoms with Gasteiger partial charge in [0.05, 0.1) is 11.7 Å². The van der Waals surface area contributed by atoms with Crippen molar-refractivity contribution in [1.82, 2.24) is 5.32 Å². The maximum atomic E-state index is 11.8. The summed E-state index contributed by atoms with van der Waals surface area (Å²) >= 11 is 4.79. The molecular weight excluding hydrogens is 354 g/mol. The molecule has 0 radical (unpaired) electrons. The molecule has 1 amide bonds. The van der Waals surface area contributed by atoms with Gasteiger partial charge < -0.3 is 10.4 Å². The third-order valence-corrected chi connectivity index (χ3v) is 4.38. The van der Waals surface area contributed by atoms with E-state index in [0.29, 0.717) is 12.3 Å². The Kier molecular flexibility index (Phi) is 7.82. The second kappa shape index (κ2) is 9.10. The monoisotopic (exact) mass is 373 g/mol. The van der Waals surface area contributed by atoms with Gasteiger partial charge in [0.1, 0.15) is 0 Å². The summed E-state index contributed by atoms with van der Waals surface area (Å²) < 4.78 is 0.995. The number of carbonyl (C=O) groups excluding carboxylic acids is 1. The van der Waals surface area contributed by atoms with E-state index in [0.717, 1.165) is 9.37 Å². The number of benzene rings is 1. The summed E-state index contributed by atoms with van der Waals surface area (Å²) in [6.07, 6.45) is 0.565. The molecule has 1 aromatic rings. The summed E-state index contributed by atoms with van der Waals surface area (Å²) in [5.41, 5.74) is 0. The first kappa shape index (κ1) is 18.0. The number of hydrogen-bond donors (Lipinski definition) is 2. The smallest absolute Gasteiger partial charge is 0.308 e. The van der Waals surface area contributed by atoms with Crippen molar-refractivity contribution in [3.8, 4) is 0 Å². The summed E-state index contributed by atoms with van der Waals surface area (Å²) in [4.78, 5) is 23.9. The molecule has 1 rings (SSSR count). The van der Waals surface area contributed by atoms with Crippen LogP contribution in [0.4, 0.5) is 0 Å². The second-order valence-corrected chi connectivity index (χ2v) is 7.18. The maximum absolute atomic E-state index is 11.8. The summed E-state index contributed by atoms with van der Waals surface area (Å²) in [6, 6.07) is 7.70. The molecule has 0 fully saturated rings. The first-order valence-electron chi connectivity index (χ1n) is 6.76. The summed E-state index contributed by atoms with van der Waals surface area (Å²) in [6.45, 7) is 4.13. The highest BCUT2D eigenvalue weighted by atomic mass is 79.9. The number of hydrogen-bond acceptors (Lipinski definition) is 3. The Labute approximate surface area is 137 Å². The van der Waals surface area contributed by atoms with Crippen molar-refractivity contribution in [2.75, 3.05) is 12.3 Å². The Morgan fingerprint density at radius 2 is 1.90 bits per heavy atom. The summed E-state index contributed by atoms with van der Waals surface area (Å²) in [5.74, 6) is -0.940. The van der Waals surface area contributed by atoms with Crippen molar-refractivity contribution in [2.45, 2.75) is 25.2 Å². The molecule has 4 nitrogen and oxygen atoms in total. The van der Waals surface area contributed by atoms with Crippen LogP contribution in [-0.2, 0) is 9.59 Å². The number of amides is 1. The zero-order valence-corrected chi connectivity index (χ0v) is 14.5. The molecule has 6 heteroatoms. The largest absolute Gasteiger partial charge is 0.481 e. The fourth-order valence-corrected chi connectivity index (χ4v) is 2.80. The zero-order valence-electron chi connectivity index (χ0n) is 12.1. The third kappa shape index (κ3) is 7.52. The molecule has 21 heavy (non-hydrogen) atoms. The van der Waals surface area contributed by atoms with Gasteiger partial charge in [0.2, 0.25) is 5.91 Å². The van der Waals surface area contributed by atoms with Crippen molar-refractivity contribution < 1.29 is 14.7 Å². The average Bonchev–Trinajstić information content (AvgIpc) is 2.42. The van der Waals surface area contributed by atoms with E-state index in [4.69, 9.17) is 5.11 Å². The first-order valence-corrected chi connectivity index (χ1v) is 8.54. The van der Waals surface area contributed by atoms with Crippen molar-refractivity contribution in [2.24, 2.45) is 11.8 Å². The van der Waals surface area contributed by atoms with Crippen LogP contribution in [0.5, 0.6) is 0 Å². The third-order valence-electron chi connectivity index (χ3n) is 2.83. The number of nitrogens with one attached hydrogen (secondary N) is 1. The molecule has 2 N–H and O–H groups in total. The van der Waals surface area contributed by atoms with Gasteiger partial charge >= 0.3 is 5.97 Å². The number of carboxylic acids is 1. The second-order valence-electron chi connectivity index (χ2n) is 5.21. The molecular formula is C15H20BrNO3S. The van der Waals surface area contributed by atoms with E-state index in [9.17, 15) is 9.59 Å². The Morgan fingerprint density at radius 1 is 1.29 bits per heavy atom. The molecule has 1 aromatic carbocycles. The van der Waals surface area contributed by atoms with Gasteiger partial charge in [0, 0.05) is 15.9 Å². The normalized spacial score (nSPS) is 12.2. The highest BCUT2D eigenvalue weighted by molar-refractivity contribution is 9.10. The van der Waals surface area contributed by atoms with E-state index >= 15 is 0 Å². The molecule has 0 aromatic heterocycles. The molecule has 0 aliphatic carbocycles. The SMILES string of the molecule is CC(C)CC(CNC(=O)CSc1ccc(Br)cc1)C(=O)O. The lowest BCUT2D eigenvalue weighted by atomic mass is 9.97. The van der Waals surface area contributed by atoms with Crippen LogP contribution in [0.3, 0.4) is 0 Å². The van der Waals surface area contributed by atoms with Gasteiger partial charge in [-0.3, -0.25) is 9.59 Å². The van der Waals surface area contributed by atoms with E-state index in [1.165, 1.54) is 11.8 Å². The predicted octanol–water partition coefficient (Wildman–Crippen LogP) is 3.40. The topological polar surface area (TPSA) is 66.4 Å². The van der Waals surface area contributed by atoms with Crippen LogP contribution < -0.4 is 5.32 Å². The van der Waals surface area contributed by atoms with Crippen LogP contribution >= 0.6 is 27.7 Å². The highest BCUT2D eigenvalue weighted by Gasteiger charge is 2.19. The number of rotatable bonds is 8. The Morgan fingerprint density at radius 3 is 2.43 bits per heavy atom. The number of aliphatic carboxylic acids is 1. The highest BCUT2D eigenvalue weighted by Crippen LogP contribution is 2.20. The first-order chi connectivity index (χ1) is 9.88. The molecule has 1 unspecified atom stereocenters. The van der Waals surface area contributed by atoms with E-state index in [1.807, 2.05) is 38.1 Å². The van der Waals surface area contributed by atoms with Crippen LogP contribution in [0.1, 0.15) is 20.3 Å². The van der Waals surface area contributed by atoms with E-state index in [-0.39, 0.29) is 18.2 Å². The van der Waals surface area contributed by atoms with Crippen LogP contribution in [0.25, 0.3) is 0 Å². The molecule has 0 heterocycles. The summed E-state index contributed by atoms with van der Waals surface area (Å²) in [7, 11) is 0. The van der Waals surface area contributed by atoms with Gasteiger partial charge in [0.15, 0.2) is 0 Å². The maximum Gasteiger partial charge on any atom is 0.308 e. The average molecular weight is 374 g/mol. The standard InChI is InChI=1S/C15H20BrNO3S/c1-10(2)7-11(15(19)20)8-17-14(18)9-21-13-5-3-12(16)4-6-13/h3-6,10-11H,7-9H2,1-2H3,(H,17,18)(H,19,20). The number of carboxylic acid groups (broad SMARTS) is 1. The van der Waals surface area contributed by atoms with Gasteiger partial charge in [-0.2, -0.15) is 0 Å². The van der Waals surface area contributed by atoms with Gasteiger partial charge in [-0.1, -0.05) is 29.8 Å². The van der Waals surface area contributed by atoms with Crippen molar-refractivity contribution >= 4 is 39.6 Å². The summed E-state index contributed by atoms with van der Waals surface area (Å²) in [5, 5.41) is 11.8. The van der Waals surface area contributed by atoms with Crippen LogP contribution in [0.15, 0.2) is 33.6 Å². The van der Waals surface area contributed by atoms with E-state index in [1.54, 1.807) is 0 Å². The van der Waals surface area contributed by atoms with Gasteiger partial charge in [-0.05, 0) is 36.6 Å².